The molecular weight excluding hydrogens is 246 g/mol. The summed E-state index contributed by atoms with van der Waals surface area (Å²) in [5.74, 6) is 0. The molecule has 1 rings (SSSR count). The van der Waals surface area contributed by atoms with E-state index in [-0.39, 0.29) is 31.3 Å². The molecule has 6 nitrogen and oxygen atoms in total. The molecule has 6 heteroatoms. The van der Waals surface area contributed by atoms with Gasteiger partial charge in [0.1, 0.15) is 11.6 Å². The largest absolute Gasteiger partial charge is 0.444 e. The van der Waals surface area contributed by atoms with Crippen molar-refractivity contribution in [2.75, 3.05) is 26.2 Å². The van der Waals surface area contributed by atoms with Gasteiger partial charge in [0.2, 0.25) is 6.54 Å². The Morgan fingerprint density at radius 1 is 1.63 bits per heavy atom. The first kappa shape index (κ1) is 15.7. The van der Waals surface area contributed by atoms with Gasteiger partial charge in [0.05, 0.1) is 6.61 Å². The van der Waals surface area contributed by atoms with Gasteiger partial charge in [-0.25, -0.2) is 11.4 Å². The zero-order valence-electron chi connectivity index (χ0n) is 11.8. The quantitative estimate of drug-likeness (QED) is 0.743. The van der Waals surface area contributed by atoms with Crippen LogP contribution in [0.2, 0.25) is 0 Å². The standard InChI is InChI=1S/C13H23N3O3/c1-13(2,3)19-12(18)16-6-5-10(8-16)15-11(9-17)7-14-4/h10-11,15,17H,5-9H2,1-3H3/t10?,11-/m0/s1. The summed E-state index contributed by atoms with van der Waals surface area (Å²) in [6, 6.07) is -0.104. The number of likely N-dealkylation sites (tertiary alicyclic amines) is 1. The predicted octanol–water partition coefficient (Wildman–Crippen LogP) is 0.866. The van der Waals surface area contributed by atoms with E-state index < -0.39 is 5.60 Å². The van der Waals surface area contributed by atoms with Crippen LogP contribution in [0.15, 0.2) is 0 Å². The van der Waals surface area contributed by atoms with E-state index in [2.05, 4.69) is 10.2 Å². The van der Waals surface area contributed by atoms with Crippen LogP contribution in [0.3, 0.4) is 0 Å². The first-order valence-corrected chi connectivity index (χ1v) is 6.53. The summed E-state index contributed by atoms with van der Waals surface area (Å²) in [5.41, 5.74) is -0.486. The fourth-order valence-corrected chi connectivity index (χ4v) is 2.00. The van der Waals surface area contributed by atoms with Crippen LogP contribution in [-0.4, -0.2) is 60.0 Å². The lowest BCUT2D eigenvalue weighted by atomic mass is 10.2. The van der Waals surface area contributed by atoms with E-state index in [1.165, 1.54) is 0 Å². The van der Waals surface area contributed by atoms with Crippen molar-refractivity contribution in [1.82, 2.24) is 10.2 Å². The lowest BCUT2D eigenvalue weighted by molar-refractivity contribution is 0.0290. The molecule has 0 aromatic rings. The topological polar surface area (TPSA) is 66.2 Å². The maximum absolute atomic E-state index is 11.9. The van der Waals surface area contributed by atoms with Crippen LogP contribution in [0.4, 0.5) is 4.79 Å². The molecule has 1 saturated heterocycles. The van der Waals surface area contributed by atoms with Crippen molar-refractivity contribution >= 4 is 6.09 Å². The lowest BCUT2D eigenvalue weighted by Crippen LogP contribution is -2.44. The van der Waals surface area contributed by atoms with Crippen LogP contribution in [0.1, 0.15) is 27.2 Å². The zero-order valence-corrected chi connectivity index (χ0v) is 11.8. The van der Waals surface area contributed by atoms with E-state index in [4.69, 9.17) is 16.4 Å². The summed E-state index contributed by atoms with van der Waals surface area (Å²) in [6.07, 6.45) is 0.510. The molecule has 0 aromatic carbocycles. The molecule has 1 aliphatic heterocycles. The molecule has 1 fully saturated rings. The van der Waals surface area contributed by atoms with Crippen molar-refractivity contribution in [2.24, 2.45) is 0 Å². The SMILES string of the molecule is [C-]#[N+]C[C@@H](CO)NC1CCN(C(=O)OC(C)(C)C)C1. The van der Waals surface area contributed by atoms with Crippen LogP contribution in [0.5, 0.6) is 0 Å². The second-order valence-electron chi connectivity index (χ2n) is 5.80. The van der Waals surface area contributed by atoms with E-state index in [0.717, 1.165) is 6.42 Å². The molecule has 0 saturated carbocycles. The highest BCUT2D eigenvalue weighted by molar-refractivity contribution is 5.68. The van der Waals surface area contributed by atoms with Crippen LogP contribution >= 0.6 is 0 Å². The summed E-state index contributed by atoms with van der Waals surface area (Å²) in [7, 11) is 0. The molecule has 2 atom stereocenters. The Bertz CT molecular complexity index is 346. The minimum absolute atomic E-state index is 0.0642. The van der Waals surface area contributed by atoms with Crippen molar-refractivity contribution in [3.63, 3.8) is 0 Å². The number of rotatable bonds is 4. The fourth-order valence-electron chi connectivity index (χ4n) is 2.00. The Morgan fingerprint density at radius 3 is 2.84 bits per heavy atom. The molecule has 19 heavy (non-hydrogen) atoms. The van der Waals surface area contributed by atoms with E-state index >= 15 is 0 Å². The Hall–Kier alpha value is -1.32. The van der Waals surface area contributed by atoms with Gasteiger partial charge in [-0.05, 0) is 27.2 Å². The smallest absolute Gasteiger partial charge is 0.410 e. The number of carbonyl (C=O) groups is 1. The molecule has 1 amide bonds. The Morgan fingerprint density at radius 2 is 2.32 bits per heavy atom. The van der Waals surface area contributed by atoms with Gasteiger partial charge in [0.25, 0.3) is 0 Å². The number of ether oxygens (including phenoxy) is 1. The summed E-state index contributed by atoms with van der Waals surface area (Å²) >= 11 is 0. The molecule has 0 aromatic heterocycles. The molecular formula is C13H23N3O3. The van der Waals surface area contributed by atoms with Crippen LogP contribution < -0.4 is 5.32 Å². The Kier molecular flexibility index (Phi) is 5.58. The molecule has 0 radical (unpaired) electrons. The number of aliphatic hydroxyl groups excluding tert-OH is 1. The maximum Gasteiger partial charge on any atom is 0.410 e. The van der Waals surface area contributed by atoms with E-state index in [1.807, 2.05) is 20.8 Å². The second-order valence-corrected chi connectivity index (χ2v) is 5.80. The number of amides is 1. The monoisotopic (exact) mass is 269 g/mol. The molecule has 1 heterocycles. The van der Waals surface area contributed by atoms with Gasteiger partial charge in [0.15, 0.2) is 0 Å². The zero-order chi connectivity index (χ0) is 14.5. The third-order valence-corrected chi connectivity index (χ3v) is 2.84. The number of carbonyl (C=O) groups excluding carboxylic acids is 1. The number of nitrogens with one attached hydrogen (secondary N) is 1. The van der Waals surface area contributed by atoms with Crippen molar-refractivity contribution < 1.29 is 14.6 Å². The lowest BCUT2D eigenvalue weighted by Gasteiger charge is -2.24. The third-order valence-electron chi connectivity index (χ3n) is 2.84. The number of hydrogen-bond acceptors (Lipinski definition) is 4. The molecule has 2 N–H and O–H groups in total. The first-order chi connectivity index (χ1) is 8.85. The van der Waals surface area contributed by atoms with E-state index in [1.54, 1.807) is 4.90 Å². The van der Waals surface area contributed by atoms with Gasteiger partial charge in [0, 0.05) is 19.1 Å². The fraction of sp³-hybridized carbons (Fsp3) is 0.846. The van der Waals surface area contributed by atoms with Gasteiger partial charge in [-0.3, -0.25) is 0 Å². The van der Waals surface area contributed by atoms with Crippen molar-refractivity contribution in [3.05, 3.63) is 11.4 Å². The molecule has 1 aliphatic rings. The van der Waals surface area contributed by atoms with Crippen molar-refractivity contribution in [2.45, 2.75) is 44.9 Å². The van der Waals surface area contributed by atoms with E-state index in [0.29, 0.717) is 13.1 Å². The molecule has 0 bridgehead atoms. The number of nitrogens with zero attached hydrogens (tertiary/aromatic N) is 2. The van der Waals surface area contributed by atoms with Crippen molar-refractivity contribution in [3.8, 4) is 0 Å². The van der Waals surface area contributed by atoms with Gasteiger partial charge in [-0.15, -0.1) is 0 Å². The molecule has 1 unspecified atom stereocenters. The highest BCUT2D eigenvalue weighted by Crippen LogP contribution is 2.15. The normalized spacial score (nSPS) is 21.0. The average Bonchev–Trinajstić information content (AvgIpc) is 2.75. The third kappa shape index (κ3) is 5.45. The summed E-state index contributed by atoms with van der Waals surface area (Å²) < 4.78 is 5.31. The highest BCUT2D eigenvalue weighted by atomic mass is 16.6. The van der Waals surface area contributed by atoms with Crippen molar-refractivity contribution in [1.29, 1.82) is 0 Å². The van der Waals surface area contributed by atoms with Gasteiger partial charge >= 0.3 is 6.09 Å². The highest BCUT2D eigenvalue weighted by Gasteiger charge is 2.31. The average molecular weight is 269 g/mol. The number of hydrogen-bond donors (Lipinski definition) is 2. The Balaban J connectivity index is 2.41. The van der Waals surface area contributed by atoms with E-state index in [9.17, 15) is 4.79 Å². The Labute approximate surface area is 114 Å². The van der Waals surface area contributed by atoms with Gasteiger partial charge in [-0.1, -0.05) is 0 Å². The minimum Gasteiger partial charge on any atom is -0.444 e. The van der Waals surface area contributed by atoms with Gasteiger partial charge in [-0.2, -0.15) is 0 Å². The summed E-state index contributed by atoms with van der Waals surface area (Å²) in [5, 5.41) is 12.3. The first-order valence-electron chi connectivity index (χ1n) is 6.53. The maximum atomic E-state index is 11.9. The summed E-state index contributed by atoms with van der Waals surface area (Å²) in [4.78, 5) is 16.8. The van der Waals surface area contributed by atoms with Gasteiger partial charge < -0.3 is 24.9 Å². The number of aliphatic hydroxyl groups is 1. The van der Waals surface area contributed by atoms with Crippen LogP contribution in [0.25, 0.3) is 4.85 Å². The van der Waals surface area contributed by atoms with Crippen LogP contribution in [-0.2, 0) is 4.74 Å². The summed E-state index contributed by atoms with van der Waals surface area (Å²) in [6.45, 7) is 13.7. The minimum atomic E-state index is -0.486. The van der Waals surface area contributed by atoms with Crippen LogP contribution in [0, 0.1) is 6.57 Å². The second kappa shape index (κ2) is 6.73. The molecule has 0 spiro atoms. The predicted molar refractivity (Wildman–Crippen MR) is 71.7 cm³/mol. The molecule has 0 aliphatic carbocycles. The molecule has 108 valence electrons.